The third-order valence-electron chi connectivity index (χ3n) is 1.40. The number of benzene rings is 1. The first-order valence-electron chi connectivity index (χ1n) is 3.56. The van der Waals surface area contributed by atoms with Gasteiger partial charge in [-0.3, -0.25) is 0 Å². The molecule has 1 aromatic carbocycles. The standard InChI is InChI=1S/C8H10BrN3O/c1-13-5-2-3-6(9)7(4-5)12-8(10)11/h2-4H,1H3,(H4,10,11,12). The van der Waals surface area contributed by atoms with Crippen molar-refractivity contribution in [2.75, 3.05) is 7.11 Å². The number of nitrogens with two attached hydrogens (primary N) is 2. The minimum atomic E-state index is 0.0222. The van der Waals surface area contributed by atoms with Crippen molar-refractivity contribution in [3.8, 4) is 5.75 Å². The van der Waals surface area contributed by atoms with Crippen molar-refractivity contribution in [3.05, 3.63) is 22.7 Å². The van der Waals surface area contributed by atoms with Crippen molar-refractivity contribution in [2.45, 2.75) is 0 Å². The molecule has 0 atom stereocenters. The van der Waals surface area contributed by atoms with Crippen molar-refractivity contribution in [3.63, 3.8) is 0 Å². The van der Waals surface area contributed by atoms with Crippen LogP contribution in [0, 0.1) is 0 Å². The predicted octanol–water partition coefficient (Wildman–Crippen LogP) is 1.36. The van der Waals surface area contributed by atoms with Crippen molar-refractivity contribution < 1.29 is 4.74 Å². The predicted molar refractivity (Wildman–Crippen MR) is 56.2 cm³/mol. The second-order valence-electron chi connectivity index (χ2n) is 2.35. The van der Waals surface area contributed by atoms with Crippen LogP contribution in [0.2, 0.25) is 0 Å². The summed E-state index contributed by atoms with van der Waals surface area (Å²) in [5, 5.41) is 0. The zero-order chi connectivity index (χ0) is 9.84. The highest BCUT2D eigenvalue weighted by Crippen LogP contribution is 2.29. The van der Waals surface area contributed by atoms with E-state index in [2.05, 4.69) is 20.9 Å². The van der Waals surface area contributed by atoms with E-state index in [0.717, 1.165) is 4.47 Å². The lowest BCUT2D eigenvalue weighted by atomic mass is 10.3. The Morgan fingerprint density at radius 3 is 2.69 bits per heavy atom. The molecule has 4 N–H and O–H groups in total. The van der Waals surface area contributed by atoms with Gasteiger partial charge in [-0.2, -0.15) is 0 Å². The van der Waals surface area contributed by atoms with Crippen molar-refractivity contribution >= 4 is 27.6 Å². The number of methoxy groups -OCH3 is 1. The molecule has 1 aromatic rings. The molecule has 1 rings (SSSR count). The van der Waals surface area contributed by atoms with Crippen LogP contribution < -0.4 is 16.2 Å². The minimum absolute atomic E-state index is 0.0222. The van der Waals surface area contributed by atoms with E-state index >= 15 is 0 Å². The third kappa shape index (κ3) is 2.62. The smallest absolute Gasteiger partial charge is 0.191 e. The molecule has 0 aliphatic carbocycles. The highest BCUT2D eigenvalue weighted by atomic mass is 79.9. The molecule has 70 valence electrons. The van der Waals surface area contributed by atoms with Gasteiger partial charge in [0.05, 0.1) is 12.8 Å². The SMILES string of the molecule is COc1ccc(Br)c(N=C(N)N)c1. The molecule has 0 fully saturated rings. The number of ether oxygens (including phenoxy) is 1. The third-order valence-corrected chi connectivity index (χ3v) is 2.07. The Labute approximate surface area is 84.7 Å². The van der Waals surface area contributed by atoms with Crippen LogP contribution in [0.4, 0.5) is 5.69 Å². The van der Waals surface area contributed by atoms with Crippen LogP contribution in [0.1, 0.15) is 0 Å². The lowest BCUT2D eigenvalue weighted by Gasteiger charge is -2.02. The average Bonchev–Trinajstić information content (AvgIpc) is 2.08. The zero-order valence-electron chi connectivity index (χ0n) is 7.12. The van der Waals surface area contributed by atoms with E-state index in [-0.39, 0.29) is 5.96 Å². The van der Waals surface area contributed by atoms with E-state index in [1.54, 1.807) is 13.2 Å². The number of hydrogen-bond donors (Lipinski definition) is 2. The van der Waals surface area contributed by atoms with Gasteiger partial charge in [-0.25, -0.2) is 4.99 Å². The van der Waals surface area contributed by atoms with Gasteiger partial charge in [0.25, 0.3) is 0 Å². The van der Waals surface area contributed by atoms with Gasteiger partial charge in [-0.05, 0) is 28.1 Å². The van der Waals surface area contributed by atoms with Crippen LogP contribution in [0.3, 0.4) is 0 Å². The topological polar surface area (TPSA) is 73.6 Å². The van der Waals surface area contributed by atoms with Gasteiger partial charge in [-0.1, -0.05) is 0 Å². The van der Waals surface area contributed by atoms with Gasteiger partial charge in [0.15, 0.2) is 5.96 Å². The molecule has 0 aliphatic rings. The summed E-state index contributed by atoms with van der Waals surface area (Å²) in [5.41, 5.74) is 11.2. The molecule has 0 aliphatic heterocycles. The number of guanidine groups is 1. The summed E-state index contributed by atoms with van der Waals surface area (Å²) in [5.74, 6) is 0.733. The summed E-state index contributed by atoms with van der Waals surface area (Å²) in [7, 11) is 1.59. The summed E-state index contributed by atoms with van der Waals surface area (Å²) >= 11 is 3.31. The highest BCUT2D eigenvalue weighted by Gasteiger charge is 2.00. The first kappa shape index (κ1) is 9.85. The van der Waals surface area contributed by atoms with Crippen LogP contribution in [0.15, 0.2) is 27.7 Å². The van der Waals surface area contributed by atoms with Gasteiger partial charge in [0, 0.05) is 10.5 Å². The Hall–Kier alpha value is -1.23. The monoisotopic (exact) mass is 243 g/mol. The quantitative estimate of drug-likeness (QED) is 0.609. The lowest BCUT2D eigenvalue weighted by molar-refractivity contribution is 0.415. The van der Waals surface area contributed by atoms with E-state index in [1.807, 2.05) is 12.1 Å². The fourth-order valence-corrected chi connectivity index (χ4v) is 1.18. The van der Waals surface area contributed by atoms with Crippen molar-refractivity contribution in [2.24, 2.45) is 16.5 Å². The minimum Gasteiger partial charge on any atom is -0.497 e. The number of halogens is 1. The molecular weight excluding hydrogens is 234 g/mol. The molecule has 0 bridgehead atoms. The molecule has 4 nitrogen and oxygen atoms in total. The Morgan fingerprint density at radius 1 is 1.46 bits per heavy atom. The molecular formula is C8H10BrN3O. The van der Waals surface area contributed by atoms with Gasteiger partial charge in [0.2, 0.25) is 0 Å². The van der Waals surface area contributed by atoms with Crippen molar-refractivity contribution in [1.29, 1.82) is 0 Å². The Bertz CT molecular complexity index is 334. The summed E-state index contributed by atoms with van der Waals surface area (Å²) in [6.45, 7) is 0. The van der Waals surface area contributed by atoms with Gasteiger partial charge in [-0.15, -0.1) is 0 Å². The Balaban J connectivity index is 3.11. The number of hydrogen-bond acceptors (Lipinski definition) is 2. The van der Waals surface area contributed by atoms with Gasteiger partial charge in [0.1, 0.15) is 5.75 Å². The van der Waals surface area contributed by atoms with E-state index in [4.69, 9.17) is 16.2 Å². The molecule has 0 unspecified atom stereocenters. The molecule has 13 heavy (non-hydrogen) atoms. The van der Waals surface area contributed by atoms with Crippen LogP contribution in [-0.2, 0) is 0 Å². The summed E-state index contributed by atoms with van der Waals surface area (Å²) in [4.78, 5) is 3.91. The first-order valence-corrected chi connectivity index (χ1v) is 4.36. The molecule has 0 saturated carbocycles. The molecule has 0 amide bonds. The summed E-state index contributed by atoms with van der Waals surface area (Å²) < 4.78 is 5.84. The largest absolute Gasteiger partial charge is 0.497 e. The normalized spacial score (nSPS) is 9.38. The maximum Gasteiger partial charge on any atom is 0.191 e. The Morgan fingerprint density at radius 2 is 2.15 bits per heavy atom. The van der Waals surface area contributed by atoms with Crippen molar-refractivity contribution in [1.82, 2.24) is 0 Å². The highest BCUT2D eigenvalue weighted by molar-refractivity contribution is 9.10. The van der Waals surface area contributed by atoms with Crippen LogP contribution in [0.25, 0.3) is 0 Å². The molecule has 0 radical (unpaired) electrons. The second-order valence-corrected chi connectivity index (χ2v) is 3.21. The molecule has 0 saturated heterocycles. The van der Waals surface area contributed by atoms with E-state index in [9.17, 15) is 0 Å². The molecule has 0 aromatic heterocycles. The lowest BCUT2D eigenvalue weighted by Crippen LogP contribution is -2.21. The zero-order valence-corrected chi connectivity index (χ0v) is 8.71. The van der Waals surface area contributed by atoms with Gasteiger partial charge >= 0.3 is 0 Å². The Kier molecular flexibility index (Phi) is 3.13. The van der Waals surface area contributed by atoms with Crippen LogP contribution in [-0.4, -0.2) is 13.1 Å². The first-order chi connectivity index (χ1) is 6.13. The summed E-state index contributed by atoms with van der Waals surface area (Å²) in [6, 6.07) is 5.38. The van der Waals surface area contributed by atoms with Gasteiger partial charge < -0.3 is 16.2 Å². The fourth-order valence-electron chi connectivity index (χ4n) is 0.844. The average molecular weight is 244 g/mol. The van der Waals surface area contributed by atoms with E-state index < -0.39 is 0 Å². The fraction of sp³-hybridized carbons (Fsp3) is 0.125. The number of rotatable bonds is 2. The second kappa shape index (κ2) is 4.13. The van der Waals surface area contributed by atoms with Crippen LogP contribution in [0.5, 0.6) is 5.75 Å². The molecule has 0 spiro atoms. The molecule has 0 heterocycles. The van der Waals surface area contributed by atoms with E-state index in [1.165, 1.54) is 0 Å². The maximum absolute atomic E-state index is 5.25. The molecule has 5 heteroatoms. The number of aliphatic imine (C=N–C) groups is 1. The van der Waals surface area contributed by atoms with E-state index in [0.29, 0.717) is 11.4 Å². The maximum atomic E-state index is 5.25. The summed E-state index contributed by atoms with van der Waals surface area (Å²) in [6.07, 6.45) is 0. The number of nitrogens with zero attached hydrogens (tertiary/aromatic N) is 1. The van der Waals surface area contributed by atoms with Crippen LogP contribution >= 0.6 is 15.9 Å².